The number of hydrogen-bond acceptors (Lipinski definition) is 3. The summed E-state index contributed by atoms with van der Waals surface area (Å²) in [4.78, 5) is 10.3. The molecule has 0 radical (unpaired) electrons. The van der Waals surface area contributed by atoms with E-state index in [1.165, 1.54) is 12.1 Å². The van der Waals surface area contributed by atoms with Gasteiger partial charge in [-0.15, -0.1) is 0 Å². The molecule has 4 nitrogen and oxygen atoms in total. The predicted molar refractivity (Wildman–Crippen MR) is 80.1 cm³/mol. The summed E-state index contributed by atoms with van der Waals surface area (Å²) < 4.78 is 5.80. The van der Waals surface area contributed by atoms with Crippen molar-refractivity contribution in [3.05, 3.63) is 33.9 Å². The highest BCUT2D eigenvalue weighted by molar-refractivity contribution is 9.09. The standard InChI is InChI=1S/C14H20BrNO3/c1-10-7-12(16(17)18)5-6-13(10)19-9-11(8-15)14(2,3)4/h5-7,11H,8-9H2,1-4H3. The number of aryl methyl sites for hydroxylation is 1. The molecule has 0 amide bonds. The van der Waals surface area contributed by atoms with Crippen molar-refractivity contribution < 1.29 is 9.66 Å². The van der Waals surface area contributed by atoms with Gasteiger partial charge in [0.05, 0.1) is 11.5 Å². The molecule has 0 aliphatic carbocycles. The van der Waals surface area contributed by atoms with Crippen molar-refractivity contribution >= 4 is 21.6 Å². The molecule has 19 heavy (non-hydrogen) atoms. The Morgan fingerprint density at radius 1 is 1.42 bits per heavy atom. The van der Waals surface area contributed by atoms with E-state index < -0.39 is 4.92 Å². The SMILES string of the molecule is Cc1cc([N+](=O)[O-])ccc1OCC(CBr)C(C)(C)C. The number of rotatable bonds is 5. The van der Waals surface area contributed by atoms with Crippen LogP contribution in [-0.4, -0.2) is 16.9 Å². The lowest BCUT2D eigenvalue weighted by Gasteiger charge is -2.29. The van der Waals surface area contributed by atoms with Gasteiger partial charge in [0, 0.05) is 23.4 Å². The Labute approximate surface area is 122 Å². The van der Waals surface area contributed by atoms with Crippen LogP contribution in [0.15, 0.2) is 18.2 Å². The Balaban J connectivity index is 2.76. The maximum absolute atomic E-state index is 10.7. The zero-order valence-electron chi connectivity index (χ0n) is 11.8. The number of benzene rings is 1. The van der Waals surface area contributed by atoms with E-state index in [2.05, 4.69) is 36.7 Å². The first kappa shape index (κ1) is 16.0. The minimum Gasteiger partial charge on any atom is -0.493 e. The van der Waals surface area contributed by atoms with Gasteiger partial charge in [-0.1, -0.05) is 36.7 Å². The fourth-order valence-electron chi connectivity index (χ4n) is 1.63. The van der Waals surface area contributed by atoms with E-state index >= 15 is 0 Å². The van der Waals surface area contributed by atoms with Crippen LogP contribution in [0.25, 0.3) is 0 Å². The zero-order valence-corrected chi connectivity index (χ0v) is 13.4. The third kappa shape index (κ3) is 4.49. The van der Waals surface area contributed by atoms with Crippen LogP contribution in [0.4, 0.5) is 5.69 Å². The Hall–Kier alpha value is -1.10. The van der Waals surface area contributed by atoms with E-state index in [0.717, 1.165) is 10.9 Å². The van der Waals surface area contributed by atoms with Crippen molar-refractivity contribution in [3.8, 4) is 5.75 Å². The number of alkyl halides is 1. The second-order valence-corrected chi connectivity index (χ2v) is 6.38. The largest absolute Gasteiger partial charge is 0.493 e. The molecule has 0 aliphatic heterocycles. The minimum atomic E-state index is -0.396. The van der Waals surface area contributed by atoms with E-state index in [9.17, 15) is 10.1 Å². The first-order valence-electron chi connectivity index (χ1n) is 6.19. The average Bonchev–Trinajstić information content (AvgIpc) is 2.29. The van der Waals surface area contributed by atoms with Gasteiger partial charge in [-0.05, 0) is 24.0 Å². The summed E-state index contributed by atoms with van der Waals surface area (Å²) in [6.45, 7) is 8.93. The fourth-order valence-corrected chi connectivity index (χ4v) is 2.78. The van der Waals surface area contributed by atoms with E-state index in [0.29, 0.717) is 18.3 Å². The van der Waals surface area contributed by atoms with Gasteiger partial charge in [0.25, 0.3) is 5.69 Å². The molecule has 0 fully saturated rings. The number of non-ortho nitro benzene ring substituents is 1. The molecule has 0 heterocycles. The molecule has 0 bridgehead atoms. The smallest absolute Gasteiger partial charge is 0.269 e. The lowest BCUT2D eigenvalue weighted by Crippen LogP contribution is -2.28. The number of halogens is 1. The molecule has 0 spiro atoms. The summed E-state index contributed by atoms with van der Waals surface area (Å²) in [6, 6.07) is 4.68. The van der Waals surface area contributed by atoms with Crippen LogP contribution in [0, 0.1) is 28.4 Å². The second-order valence-electron chi connectivity index (χ2n) is 5.74. The fraction of sp³-hybridized carbons (Fsp3) is 0.571. The number of nitro groups is 1. The second kappa shape index (κ2) is 6.37. The highest BCUT2D eigenvalue weighted by Crippen LogP contribution is 2.29. The third-order valence-corrected chi connectivity index (χ3v) is 4.00. The highest BCUT2D eigenvalue weighted by Gasteiger charge is 2.24. The summed E-state index contributed by atoms with van der Waals surface area (Å²) in [7, 11) is 0. The van der Waals surface area contributed by atoms with Gasteiger partial charge in [-0.2, -0.15) is 0 Å². The Bertz CT molecular complexity index is 454. The molecule has 1 rings (SSSR count). The van der Waals surface area contributed by atoms with Gasteiger partial charge in [-0.3, -0.25) is 10.1 Å². The first-order valence-corrected chi connectivity index (χ1v) is 7.31. The lowest BCUT2D eigenvalue weighted by atomic mass is 9.83. The lowest BCUT2D eigenvalue weighted by molar-refractivity contribution is -0.384. The zero-order chi connectivity index (χ0) is 14.6. The Kier molecular flexibility index (Phi) is 5.35. The van der Waals surface area contributed by atoms with Gasteiger partial charge in [-0.25, -0.2) is 0 Å². The molecule has 1 aromatic carbocycles. The molecule has 106 valence electrons. The topological polar surface area (TPSA) is 52.4 Å². The van der Waals surface area contributed by atoms with Gasteiger partial charge < -0.3 is 4.74 Å². The molecule has 1 unspecified atom stereocenters. The highest BCUT2D eigenvalue weighted by atomic mass is 79.9. The predicted octanol–water partition coefficient (Wildman–Crippen LogP) is 4.34. The Morgan fingerprint density at radius 3 is 2.47 bits per heavy atom. The van der Waals surface area contributed by atoms with Gasteiger partial charge in [0.2, 0.25) is 0 Å². The average molecular weight is 330 g/mol. The minimum absolute atomic E-state index is 0.0951. The molecule has 0 N–H and O–H groups in total. The van der Waals surface area contributed by atoms with Gasteiger partial charge >= 0.3 is 0 Å². The van der Waals surface area contributed by atoms with Gasteiger partial charge in [0.1, 0.15) is 5.75 Å². The maximum Gasteiger partial charge on any atom is 0.269 e. The van der Waals surface area contributed by atoms with E-state index in [-0.39, 0.29) is 11.1 Å². The van der Waals surface area contributed by atoms with Crippen LogP contribution in [-0.2, 0) is 0 Å². The normalized spacial score (nSPS) is 13.1. The summed E-state index contributed by atoms with van der Waals surface area (Å²) in [5.41, 5.74) is 1.03. The Morgan fingerprint density at radius 2 is 2.05 bits per heavy atom. The molecule has 1 aromatic rings. The molecular formula is C14H20BrNO3. The molecule has 0 aromatic heterocycles. The molecular weight excluding hydrogens is 310 g/mol. The van der Waals surface area contributed by atoms with E-state index in [1.807, 2.05) is 6.92 Å². The van der Waals surface area contributed by atoms with Crippen molar-refractivity contribution in [1.82, 2.24) is 0 Å². The van der Waals surface area contributed by atoms with Crippen LogP contribution < -0.4 is 4.74 Å². The molecule has 1 atom stereocenters. The quantitative estimate of drug-likeness (QED) is 0.458. The van der Waals surface area contributed by atoms with E-state index in [1.54, 1.807) is 6.07 Å². The molecule has 5 heteroatoms. The number of nitrogens with zero attached hydrogens (tertiary/aromatic N) is 1. The van der Waals surface area contributed by atoms with Crippen LogP contribution in [0.1, 0.15) is 26.3 Å². The number of nitro benzene ring substituents is 1. The summed E-state index contributed by atoms with van der Waals surface area (Å²) >= 11 is 3.51. The maximum atomic E-state index is 10.7. The van der Waals surface area contributed by atoms with Crippen LogP contribution in [0.5, 0.6) is 5.75 Å². The van der Waals surface area contributed by atoms with Crippen LogP contribution in [0.2, 0.25) is 0 Å². The van der Waals surface area contributed by atoms with Gasteiger partial charge in [0.15, 0.2) is 0 Å². The van der Waals surface area contributed by atoms with Crippen molar-refractivity contribution in [3.63, 3.8) is 0 Å². The van der Waals surface area contributed by atoms with Crippen molar-refractivity contribution in [1.29, 1.82) is 0 Å². The molecule has 0 aliphatic rings. The summed E-state index contributed by atoms with van der Waals surface area (Å²) in [5.74, 6) is 1.09. The molecule has 0 saturated heterocycles. The monoisotopic (exact) mass is 329 g/mol. The molecule has 0 saturated carbocycles. The number of hydrogen-bond donors (Lipinski definition) is 0. The van der Waals surface area contributed by atoms with Crippen LogP contribution in [0.3, 0.4) is 0 Å². The number of ether oxygens (including phenoxy) is 1. The van der Waals surface area contributed by atoms with Crippen molar-refractivity contribution in [2.24, 2.45) is 11.3 Å². The van der Waals surface area contributed by atoms with Crippen LogP contribution >= 0.6 is 15.9 Å². The first-order chi connectivity index (χ1) is 8.75. The van der Waals surface area contributed by atoms with E-state index in [4.69, 9.17) is 4.74 Å². The van der Waals surface area contributed by atoms with Crippen molar-refractivity contribution in [2.45, 2.75) is 27.7 Å². The third-order valence-electron chi connectivity index (χ3n) is 3.22. The summed E-state index contributed by atoms with van der Waals surface area (Å²) in [6.07, 6.45) is 0. The summed E-state index contributed by atoms with van der Waals surface area (Å²) in [5, 5.41) is 11.5. The van der Waals surface area contributed by atoms with Crippen molar-refractivity contribution in [2.75, 3.05) is 11.9 Å².